The minimum absolute atomic E-state index is 0.159. The van der Waals surface area contributed by atoms with E-state index in [0.717, 1.165) is 29.4 Å². The van der Waals surface area contributed by atoms with E-state index in [1.165, 1.54) is 11.8 Å². The molecular formula is C23H21BrClN3O2. The van der Waals surface area contributed by atoms with Gasteiger partial charge in [-0.3, -0.25) is 0 Å². The third-order valence-electron chi connectivity index (χ3n) is 5.41. The van der Waals surface area contributed by atoms with Gasteiger partial charge in [-0.15, -0.1) is 0 Å². The number of carboxylic acids is 1. The van der Waals surface area contributed by atoms with E-state index < -0.39 is 5.97 Å². The molecule has 1 aliphatic heterocycles. The summed E-state index contributed by atoms with van der Waals surface area (Å²) in [7, 11) is 0. The van der Waals surface area contributed by atoms with E-state index in [9.17, 15) is 9.90 Å². The van der Waals surface area contributed by atoms with Gasteiger partial charge in [0.2, 0.25) is 5.95 Å². The zero-order valence-electron chi connectivity index (χ0n) is 16.3. The Morgan fingerprint density at radius 2 is 1.87 bits per heavy atom. The molecule has 1 aliphatic rings. The minimum Gasteiger partial charge on any atom is -0.478 e. The highest BCUT2D eigenvalue weighted by Gasteiger charge is 2.29. The second-order valence-electron chi connectivity index (χ2n) is 7.36. The number of halogens is 2. The van der Waals surface area contributed by atoms with Gasteiger partial charge in [-0.05, 0) is 61.1 Å². The summed E-state index contributed by atoms with van der Waals surface area (Å²) in [5, 5.41) is 10.3. The average Bonchev–Trinajstić information content (AvgIpc) is 3.23. The molecule has 30 heavy (non-hydrogen) atoms. The monoisotopic (exact) mass is 485 g/mol. The molecule has 0 unspecified atom stereocenters. The Labute approximate surface area is 188 Å². The van der Waals surface area contributed by atoms with Crippen molar-refractivity contribution in [1.29, 1.82) is 0 Å². The highest BCUT2D eigenvalue weighted by molar-refractivity contribution is 9.10. The second-order valence-corrected chi connectivity index (χ2v) is 8.72. The summed E-state index contributed by atoms with van der Waals surface area (Å²) in [4.78, 5) is 23.0. The summed E-state index contributed by atoms with van der Waals surface area (Å²) in [6.07, 6.45) is 4.72. The van der Waals surface area contributed by atoms with Crippen LogP contribution in [0.3, 0.4) is 0 Å². The molecule has 1 N–H and O–H groups in total. The lowest BCUT2D eigenvalue weighted by molar-refractivity contribution is 0.0694. The van der Waals surface area contributed by atoms with Gasteiger partial charge in [0.15, 0.2) is 0 Å². The van der Waals surface area contributed by atoms with Crippen molar-refractivity contribution in [3.63, 3.8) is 0 Å². The zero-order chi connectivity index (χ0) is 21.1. The van der Waals surface area contributed by atoms with E-state index in [4.69, 9.17) is 16.6 Å². The van der Waals surface area contributed by atoms with Crippen LogP contribution in [-0.2, 0) is 12.8 Å². The van der Waals surface area contributed by atoms with Crippen LogP contribution in [0.5, 0.6) is 0 Å². The first-order valence-corrected chi connectivity index (χ1v) is 11.0. The Hall–Kier alpha value is -2.44. The number of hydrogen-bond acceptors (Lipinski definition) is 4. The number of hydrogen-bond donors (Lipinski definition) is 1. The summed E-state index contributed by atoms with van der Waals surface area (Å²) in [5.74, 6) is -0.407. The van der Waals surface area contributed by atoms with Crippen LogP contribution in [-0.4, -0.2) is 27.6 Å². The first kappa shape index (κ1) is 20.8. The molecule has 3 aromatic rings. The van der Waals surface area contributed by atoms with Gasteiger partial charge in [-0.1, -0.05) is 51.8 Å². The van der Waals surface area contributed by atoms with E-state index in [1.54, 1.807) is 0 Å². The molecule has 4 rings (SSSR count). The zero-order valence-corrected chi connectivity index (χ0v) is 18.6. The van der Waals surface area contributed by atoms with Crippen LogP contribution < -0.4 is 4.90 Å². The third-order valence-corrected chi connectivity index (χ3v) is 6.19. The average molecular weight is 487 g/mol. The van der Waals surface area contributed by atoms with Crippen LogP contribution in [0.1, 0.15) is 46.1 Å². The Bertz CT molecular complexity index is 1040. The number of aryl methyl sites for hydroxylation is 2. The first-order valence-electron chi connectivity index (χ1n) is 9.87. The summed E-state index contributed by atoms with van der Waals surface area (Å²) >= 11 is 9.44. The van der Waals surface area contributed by atoms with Crippen molar-refractivity contribution in [3.8, 4) is 0 Å². The standard InChI is InChI=1S/C23H21BrClN3O2/c24-17-8-6-16(7-9-17)21-2-1-13-28(21)23-26-14-19(22(29)30)20(27-23)12-5-15-3-10-18(25)11-4-15/h3-4,6-11,14,21H,1-2,5,12-13H2,(H,29,30)/t21-/m0/s1. The van der Waals surface area contributed by atoms with Gasteiger partial charge in [0, 0.05) is 22.2 Å². The van der Waals surface area contributed by atoms with E-state index in [-0.39, 0.29) is 11.6 Å². The Balaban J connectivity index is 1.60. The van der Waals surface area contributed by atoms with E-state index in [0.29, 0.717) is 29.5 Å². The van der Waals surface area contributed by atoms with Crippen LogP contribution in [0.25, 0.3) is 0 Å². The fourth-order valence-electron chi connectivity index (χ4n) is 3.87. The van der Waals surface area contributed by atoms with E-state index >= 15 is 0 Å². The largest absolute Gasteiger partial charge is 0.478 e. The van der Waals surface area contributed by atoms with Gasteiger partial charge in [0.05, 0.1) is 17.3 Å². The lowest BCUT2D eigenvalue weighted by Gasteiger charge is -2.25. The van der Waals surface area contributed by atoms with Gasteiger partial charge in [-0.25, -0.2) is 14.8 Å². The number of nitrogens with zero attached hydrogens (tertiary/aromatic N) is 3. The number of aromatic carboxylic acids is 1. The van der Waals surface area contributed by atoms with Gasteiger partial charge < -0.3 is 10.0 Å². The quantitative estimate of drug-likeness (QED) is 0.483. The van der Waals surface area contributed by atoms with Crippen molar-refractivity contribution >= 4 is 39.4 Å². The van der Waals surface area contributed by atoms with Crippen LogP contribution >= 0.6 is 27.5 Å². The van der Waals surface area contributed by atoms with Gasteiger partial charge >= 0.3 is 5.97 Å². The summed E-state index contributed by atoms with van der Waals surface area (Å²) in [6, 6.07) is 16.1. The molecule has 0 bridgehead atoms. The van der Waals surface area contributed by atoms with Crippen molar-refractivity contribution in [3.05, 3.63) is 86.6 Å². The predicted octanol–water partition coefficient (Wildman–Crippen LogP) is 5.72. The molecular weight excluding hydrogens is 466 g/mol. The third kappa shape index (κ3) is 4.65. The summed E-state index contributed by atoms with van der Waals surface area (Å²) in [6.45, 7) is 0.851. The van der Waals surface area contributed by atoms with Crippen molar-refractivity contribution in [1.82, 2.24) is 9.97 Å². The van der Waals surface area contributed by atoms with Crippen molar-refractivity contribution in [2.45, 2.75) is 31.7 Å². The van der Waals surface area contributed by atoms with Gasteiger partial charge in [0.1, 0.15) is 0 Å². The first-order chi connectivity index (χ1) is 14.5. The molecule has 1 aromatic heterocycles. The van der Waals surface area contributed by atoms with Crippen LogP contribution in [0.2, 0.25) is 5.02 Å². The number of carboxylic acid groups (broad SMARTS) is 1. The molecule has 2 heterocycles. The van der Waals surface area contributed by atoms with E-state index in [2.05, 4.69) is 37.9 Å². The minimum atomic E-state index is -1.00. The molecule has 2 aromatic carbocycles. The molecule has 1 saturated heterocycles. The Morgan fingerprint density at radius 1 is 1.13 bits per heavy atom. The second kappa shape index (κ2) is 9.14. The molecule has 154 valence electrons. The fourth-order valence-corrected chi connectivity index (χ4v) is 4.26. The molecule has 0 radical (unpaired) electrons. The SMILES string of the molecule is O=C(O)c1cnc(N2CCC[C@H]2c2ccc(Br)cc2)nc1CCc1ccc(Cl)cc1. The topological polar surface area (TPSA) is 66.3 Å². The highest BCUT2D eigenvalue weighted by Crippen LogP contribution is 2.35. The van der Waals surface area contributed by atoms with Gasteiger partial charge in [0.25, 0.3) is 0 Å². The number of rotatable bonds is 6. The smallest absolute Gasteiger partial charge is 0.339 e. The highest BCUT2D eigenvalue weighted by atomic mass is 79.9. The maximum Gasteiger partial charge on any atom is 0.339 e. The van der Waals surface area contributed by atoms with Crippen molar-refractivity contribution in [2.75, 3.05) is 11.4 Å². The normalized spacial score (nSPS) is 16.1. The lowest BCUT2D eigenvalue weighted by Crippen LogP contribution is -2.25. The fraction of sp³-hybridized carbons (Fsp3) is 0.261. The molecule has 0 saturated carbocycles. The lowest BCUT2D eigenvalue weighted by atomic mass is 10.0. The van der Waals surface area contributed by atoms with Gasteiger partial charge in [-0.2, -0.15) is 0 Å². The maximum absolute atomic E-state index is 11.7. The van der Waals surface area contributed by atoms with E-state index in [1.807, 2.05) is 36.4 Å². The maximum atomic E-state index is 11.7. The Morgan fingerprint density at radius 3 is 2.57 bits per heavy atom. The Kier molecular flexibility index (Phi) is 6.35. The predicted molar refractivity (Wildman–Crippen MR) is 121 cm³/mol. The van der Waals surface area contributed by atoms with Crippen LogP contribution in [0.15, 0.2) is 59.2 Å². The molecule has 0 amide bonds. The van der Waals surface area contributed by atoms with Crippen molar-refractivity contribution in [2.24, 2.45) is 0 Å². The molecule has 7 heteroatoms. The molecule has 0 spiro atoms. The molecule has 1 fully saturated rings. The summed E-state index contributed by atoms with van der Waals surface area (Å²) < 4.78 is 1.04. The van der Waals surface area contributed by atoms with Crippen molar-refractivity contribution < 1.29 is 9.90 Å². The van der Waals surface area contributed by atoms with Crippen LogP contribution in [0.4, 0.5) is 5.95 Å². The number of carbonyl (C=O) groups is 1. The molecule has 1 atom stereocenters. The summed E-state index contributed by atoms with van der Waals surface area (Å²) in [5.41, 5.74) is 3.02. The number of anilines is 1. The molecule has 0 aliphatic carbocycles. The molecule has 5 nitrogen and oxygen atoms in total. The number of aromatic nitrogens is 2. The van der Waals surface area contributed by atoms with Crippen LogP contribution in [0, 0.1) is 0 Å². The number of benzene rings is 2.